The molecule has 2 atom stereocenters. The van der Waals surface area contributed by atoms with Crippen molar-refractivity contribution in [2.75, 3.05) is 31.2 Å². The largest absolute Gasteiger partial charge is 0.488 e. The van der Waals surface area contributed by atoms with E-state index in [0.717, 1.165) is 31.9 Å². The summed E-state index contributed by atoms with van der Waals surface area (Å²) in [5.74, 6) is 2.15. The molecule has 0 spiro atoms. The highest BCUT2D eigenvalue weighted by Gasteiger charge is 2.24. The number of morpholine rings is 1. The summed E-state index contributed by atoms with van der Waals surface area (Å²) in [4.78, 5) is 0. The summed E-state index contributed by atoms with van der Waals surface area (Å²) in [6.45, 7) is 4.54. The lowest BCUT2D eigenvalue weighted by atomic mass is 10.1. The first-order valence-electron chi connectivity index (χ1n) is 8.57. The van der Waals surface area contributed by atoms with Crippen LogP contribution in [0.3, 0.4) is 0 Å². The van der Waals surface area contributed by atoms with Gasteiger partial charge < -0.3 is 31.0 Å². The molecule has 1 aliphatic heterocycles. The summed E-state index contributed by atoms with van der Waals surface area (Å²) in [5.41, 5.74) is 12.6. The molecule has 2 aromatic carbocycles. The minimum atomic E-state index is 0.0245. The molecular formula is C19H25N3O3. The molecule has 1 fully saturated rings. The van der Waals surface area contributed by atoms with Gasteiger partial charge in [0.25, 0.3) is 0 Å². The van der Waals surface area contributed by atoms with Crippen molar-refractivity contribution in [3.05, 3.63) is 42.5 Å². The number of hydrogen-bond donors (Lipinski definition) is 3. The summed E-state index contributed by atoms with van der Waals surface area (Å²) >= 11 is 0. The van der Waals surface area contributed by atoms with Crippen LogP contribution in [-0.2, 0) is 4.74 Å². The van der Waals surface area contributed by atoms with Gasteiger partial charge in [-0.25, -0.2) is 0 Å². The number of hydrogen-bond acceptors (Lipinski definition) is 6. The minimum Gasteiger partial charge on any atom is -0.488 e. The van der Waals surface area contributed by atoms with Gasteiger partial charge in [0.15, 0.2) is 0 Å². The molecular weight excluding hydrogens is 318 g/mol. The number of nitrogens with two attached hydrogens (primary N) is 2. The van der Waals surface area contributed by atoms with Gasteiger partial charge in [-0.2, -0.15) is 0 Å². The summed E-state index contributed by atoms with van der Waals surface area (Å²) in [6, 6.07) is 12.8. The van der Waals surface area contributed by atoms with Gasteiger partial charge >= 0.3 is 0 Å². The van der Waals surface area contributed by atoms with Gasteiger partial charge in [-0.1, -0.05) is 6.92 Å². The lowest BCUT2D eigenvalue weighted by molar-refractivity contribution is -0.0427. The molecule has 2 aromatic rings. The van der Waals surface area contributed by atoms with E-state index < -0.39 is 0 Å². The predicted molar refractivity (Wildman–Crippen MR) is 99.1 cm³/mol. The highest BCUT2D eigenvalue weighted by Crippen LogP contribution is 2.28. The molecule has 0 bridgehead atoms. The maximum Gasteiger partial charge on any atom is 0.129 e. The number of rotatable bonds is 6. The Labute approximate surface area is 148 Å². The Kier molecular flexibility index (Phi) is 5.63. The SMILES string of the molecule is CCC(Oc1ccc(Oc2ccc(N)c(N)c2)cc1)C1CNCCO1. The zero-order valence-corrected chi connectivity index (χ0v) is 14.4. The quantitative estimate of drug-likeness (QED) is 0.699. The Morgan fingerprint density at radius 2 is 1.80 bits per heavy atom. The lowest BCUT2D eigenvalue weighted by Gasteiger charge is -2.30. The average Bonchev–Trinajstić information content (AvgIpc) is 2.65. The van der Waals surface area contributed by atoms with Crippen LogP contribution in [0.2, 0.25) is 0 Å². The maximum atomic E-state index is 6.09. The number of benzene rings is 2. The molecule has 0 radical (unpaired) electrons. The zero-order valence-electron chi connectivity index (χ0n) is 14.4. The second kappa shape index (κ2) is 8.09. The fourth-order valence-electron chi connectivity index (χ4n) is 2.76. The van der Waals surface area contributed by atoms with Crippen LogP contribution in [0, 0.1) is 0 Å². The first-order valence-corrected chi connectivity index (χ1v) is 8.57. The van der Waals surface area contributed by atoms with Crippen LogP contribution in [0.15, 0.2) is 42.5 Å². The molecule has 0 aromatic heterocycles. The van der Waals surface area contributed by atoms with Crippen molar-refractivity contribution < 1.29 is 14.2 Å². The molecule has 1 saturated heterocycles. The van der Waals surface area contributed by atoms with Gasteiger partial charge in [0.1, 0.15) is 29.5 Å². The molecule has 0 saturated carbocycles. The first kappa shape index (κ1) is 17.4. The van der Waals surface area contributed by atoms with E-state index >= 15 is 0 Å². The van der Waals surface area contributed by atoms with Gasteiger partial charge in [0.05, 0.1) is 18.0 Å². The van der Waals surface area contributed by atoms with E-state index in [4.69, 9.17) is 25.7 Å². The van der Waals surface area contributed by atoms with Crippen LogP contribution in [0.5, 0.6) is 17.2 Å². The molecule has 0 aliphatic carbocycles. The van der Waals surface area contributed by atoms with Gasteiger partial charge in [0.2, 0.25) is 0 Å². The number of nitrogens with one attached hydrogen (secondary N) is 1. The summed E-state index contributed by atoms with van der Waals surface area (Å²) in [6.07, 6.45) is 0.985. The van der Waals surface area contributed by atoms with E-state index in [-0.39, 0.29) is 12.2 Å². The van der Waals surface area contributed by atoms with Crippen molar-refractivity contribution in [2.24, 2.45) is 0 Å². The summed E-state index contributed by atoms with van der Waals surface area (Å²) in [7, 11) is 0. The van der Waals surface area contributed by atoms with E-state index in [1.165, 1.54) is 0 Å². The highest BCUT2D eigenvalue weighted by atomic mass is 16.5. The van der Waals surface area contributed by atoms with Crippen molar-refractivity contribution in [1.29, 1.82) is 0 Å². The second-order valence-electron chi connectivity index (χ2n) is 6.04. The topological polar surface area (TPSA) is 91.8 Å². The minimum absolute atomic E-state index is 0.0245. The number of nitrogen functional groups attached to an aromatic ring is 2. The normalized spacial score (nSPS) is 18.5. The van der Waals surface area contributed by atoms with Gasteiger partial charge in [-0.05, 0) is 42.8 Å². The van der Waals surface area contributed by atoms with Crippen LogP contribution in [0.25, 0.3) is 0 Å². The van der Waals surface area contributed by atoms with Crippen molar-refractivity contribution in [3.8, 4) is 17.2 Å². The van der Waals surface area contributed by atoms with Gasteiger partial charge in [-0.15, -0.1) is 0 Å². The molecule has 134 valence electrons. The molecule has 3 rings (SSSR count). The molecule has 2 unspecified atom stereocenters. The van der Waals surface area contributed by atoms with Crippen LogP contribution in [0.4, 0.5) is 11.4 Å². The van der Waals surface area contributed by atoms with Crippen molar-refractivity contribution in [2.45, 2.75) is 25.6 Å². The maximum absolute atomic E-state index is 6.09. The first-order chi connectivity index (χ1) is 12.2. The summed E-state index contributed by atoms with van der Waals surface area (Å²) < 4.78 is 17.7. The van der Waals surface area contributed by atoms with Gasteiger partial charge in [0, 0.05) is 19.2 Å². The Morgan fingerprint density at radius 1 is 1.08 bits per heavy atom. The van der Waals surface area contributed by atoms with E-state index in [0.29, 0.717) is 22.9 Å². The molecule has 6 nitrogen and oxygen atoms in total. The van der Waals surface area contributed by atoms with Crippen molar-refractivity contribution in [3.63, 3.8) is 0 Å². The predicted octanol–water partition coefficient (Wildman–Crippen LogP) is 2.79. The van der Waals surface area contributed by atoms with Crippen LogP contribution in [0.1, 0.15) is 13.3 Å². The number of ether oxygens (including phenoxy) is 3. The fourth-order valence-corrected chi connectivity index (χ4v) is 2.76. The molecule has 0 amide bonds. The molecule has 25 heavy (non-hydrogen) atoms. The summed E-state index contributed by atoms with van der Waals surface area (Å²) in [5, 5.41) is 3.34. The molecule has 5 N–H and O–H groups in total. The van der Waals surface area contributed by atoms with Crippen molar-refractivity contribution >= 4 is 11.4 Å². The highest BCUT2D eigenvalue weighted by molar-refractivity contribution is 5.65. The third-order valence-corrected chi connectivity index (χ3v) is 4.18. The van der Waals surface area contributed by atoms with Crippen LogP contribution < -0.4 is 26.3 Å². The fraction of sp³-hybridized carbons (Fsp3) is 0.368. The average molecular weight is 343 g/mol. The van der Waals surface area contributed by atoms with E-state index in [9.17, 15) is 0 Å². The second-order valence-corrected chi connectivity index (χ2v) is 6.04. The van der Waals surface area contributed by atoms with Crippen molar-refractivity contribution in [1.82, 2.24) is 5.32 Å². The van der Waals surface area contributed by atoms with E-state index in [1.807, 2.05) is 24.3 Å². The third-order valence-electron chi connectivity index (χ3n) is 4.18. The Hall–Kier alpha value is -2.44. The Balaban J connectivity index is 1.61. The van der Waals surface area contributed by atoms with Crippen LogP contribution >= 0.6 is 0 Å². The standard InChI is InChI=1S/C19H25N3O3/c1-2-18(19-12-22-9-10-23-19)25-14-5-3-13(4-6-14)24-15-7-8-16(20)17(21)11-15/h3-8,11,18-19,22H,2,9-10,12,20-21H2,1H3. The monoisotopic (exact) mass is 343 g/mol. The smallest absolute Gasteiger partial charge is 0.129 e. The Bertz CT molecular complexity index is 685. The van der Waals surface area contributed by atoms with E-state index in [2.05, 4.69) is 12.2 Å². The third kappa shape index (κ3) is 4.55. The Morgan fingerprint density at radius 3 is 2.44 bits per heavy atom. The zero-order chi connectivity index (χ0) is 17.6. The molecule has 1 aliphatic rings. The lowest BCUT2D eigenvalue weighted by Crippen LogP contribution is -2.47. The van der Waals surface area contributed by atoms with Gasteiger partial charge in [-0.3, -0.25) is 0 Å². The molecule has 1 heterocycles. The molecule has 6 heteroatoms. The number of anilines is 2. The van der Waals surface area contributed by atoms with E-state index in [1.54, 1.807) is 18.2 Å². The van der Waals surface area contributed by atoms with Crippen LogP contribution in [-0.4, -0.2) is 31.9 Å².